The normalized spacial score (nSPS) is 33.7. The summed E-state index contributed by atoms with van der Waals surface area (Å²) in [4.78, 5) is 50.1. The monoisotopic (exact) mass is 608 g/mol. The van der Waals surface area contributed by atoms with Crippen LogP contribution in [0.2, 0.25) is 0 Å². The van der Waals surface area contributed by atoms with E-state index in [1.165, 1.54) is 13.8 Å². The van der Waals surface area contributed by atoms with Gasteiger partial charge in [-0.2, -0.15) is 0 Å². The second-order valence-corrected chi connectivity index (χ2v) is 11.0. The Bertz CT molecular complexity index is 938. The first-order valence-electron chi connectivity index (χ1n) is 14.0. The minimum atomic E-state index is -2.41. The van der Waals surface area contributed by atoms with Gasteiger partial charge in [0, 0.05) is 6.92 Å². The van der Waals surface area contributed by atoms with Crippen LogP contribution >= 0.6 is 0 Å². The Kier molecular flexibility index (Phi) is 13.1. The van der Waals surface area contributed by atoms with Gasteiger partial charge in [-0.05, 0) is 6.42 Å². The van der Waals surface area contributed by atoms with E-state index in [4.69, 9.17) is 33.2 Å². The summed E-state index contributed by atoms with van der Waals surface area (Å²) in [5.41, 5.74) is 0. The van der Waals surface area contributed by atoms with Crippen LogP contribution in [0.4, 0.5) is 0 Å². The molecule has 0 radical (unpaired) electrons. The quantitative estimate of drug-likeness (QED) is 0.149. The maximum Gasteiger partial charge on any atom is 0.309 e. The van der Waals surface area contributed by atoms with Gasteiger partial charge in [0.2, 0.25) is 12.1 Å². The lowest BCUT2D eigenvalue weighted by Gasteiger charge is -2.46. The second-order valence-electron chi connectivity index (χ2n) is 11.0. The standard InChI is InChI=1S/C27H44O15/c1-8-14(6)25(35)38-18-16(9-28)37-26(21(40-24(34)13(4)5)20(18)39-23(33)12(2)3)42-27(11-30)22(32)19(36-15(7)31)17(10-29)41-27/h12-14,16-22,26,28-30,32H,8-11H2,1-7H3/t14?,16-,17-,18-,19-,20+,21-,22+,26-,27+/m1/s1. The van der Waals surface area contributed by atoms with Gasteiger partial charge in [-0.1, -0.05) is 41.5 Å². The molecule has 242 valence electrons. The molecule has 1 unspecified atom stereocenters. The van der Waals surface area contributed by atoms with Gasteiger partial charge in [0.15, 0.2) is 24.4 Å². The fraction of sp³-hybridized carbons (Fsp3) is 0.852. The lowest BCUT2D eigenvalue weighted by Crippen LogP contribution is -2.65. The number of esters is 4. The lowest BCUT2D eigenvalue weighted by molar-refractivity contribution is -0.384. The van der Waals surface area contributed by atoms with Gasteiger partial charge in [0.1, 0.15) is 24.9 Å². The Morgan fingerprint density at radius 2 is 1.29 bits per heavy atom. The second kappa shape index (κ2) is 15.4. The van der Waals surface area contributed by atoms with E-state index in [1.54, 1.807) is 27.7 Å². The molecule has 4 N–H and O–H groups in total. The Labute approximate surface area is 244 Å². The van der Waals surface area contributed by atoms with E-state index in [2.05, 4.69) is 0 Å². The highest BCUT2D eigenvalue weighted by atomic mass is 16.8. The predicted octanol–water partition coefficient (Wildman–Crippen LogP) is -0.814. The summed E-state index contributed by atoms with van der Waals surface area (Å²) in [6, 6.07) is 0. The van der Waals surface area contributed by atoms with Crippen LogP contribution in [0.15, 0.2) is 0 Å². The molecule has 42 heavy (non-hydrogen) atoms. The highest BCUT2D eigenvalue weighted by molar-refractivity contribution is 5.74. The zero-order chi connectivity index (χ0) is 31.9. The zero-order valence-corrected chi connectivity index (χ0v) is 25.0. The maximum absolute atomic E-state index is 12.8. The van der Waals surface area contributed by atoms with Crippen LogP contribution in [0.25, 0.3) is 0 Å². The molecule has 15 nitrogen and oxygen atoms in total. The molecular weight excluding hydrogens is 564 g/mol. The van der Waals surface area contributed by atoms with Gasteiger partial charge in [-0.3, -0.25) is 19.2 Å². The van der Waals surface area contributed by atoms with Crippen molar-refractivity contribution in [2.24, 2.45) is 17.8 Å². The van der Waals surface area contributed by atoms with Gasteiger partial charge in [0.05, 0.1) is 31.0 Å². The van der Waals surface area contributed by atoms with Crippen molar-refractivity contribution in [1.29, 1.82) is 0 Å². The molecule has 0 aromatic rings. The van der Waals surface area contributed by atoms with Crippen molar-refractivity contribution in [2.75, 3.05) is 19.8 Å². The van der Waals surface area contributed by atoms with E-state index in [0.29, 0.717) is 6.42 Å². The average molecular weight is 609 g/mol. The van der Waals surface area contributed by atoms with Gasteiger partial charge in [0.25, 0.3) is 0 Å². The number of ether oxygens (including phenoxy) is 7. The highest BCUT2D eigenvalue weighted by Crippen LogP contribution is 2.39. The summed E-state index contributed by atoms with van der Waals surface area (Å²) in [6.07, 6.45) is -12.3. The van der Waals surface area contributed by atoms with Crippen molar-refractivity contribution < 1.29 is 72.8 Å². The summed E-state index contributed by atoms with van der Waals surface area (Å²) >= 11 is 0. The molecule has 2 heterocycles. The first-order valence-corrected chi connectivity index (χ1v) is 14.0. The molecular formula is C27H44O15. The highest BCUT2D eigenvalue weighted by Gasteiger charge is 2.62. The van der Waals surface area contributed by atoms with E-state index in [9.17, 15) is 39.6 Å². The van der Waals surface area contributed by atoms with Gasteiger partial charge in [-0.25, -0.2) is 0 Å². The van der Waals surface area contributed by atoms with Gasteiger partial charge < -0.3 is 53.6 Å². The van der Waals surface area contributed by atoms with Crippen LogP contribution in [0.1, 0.15) is 54.9 Å². The molecule has 2 saturated heterocycles. The van der Waals surface area contributed by atoms with E-state index < -0.39 is 116 Å². The van der Waals surface area contributed by atoms with Crippen molar-refractivity contribution in [3.8, 4) is 0 Å². The molecule has 0 spiro atoms. The van der Waals surface area contributed by atoms with Crippen LogP contribution in [0.3, 0.4) is 0 Å². The third kappa shape index (κ3) is 8.15. The topological polar surface area (TPSA) is 214 Å². The zero-order valence-electron chi connectivity index (χ0n) is 25.0. The van der Waals surface area contributed by atoms with Crippen LogP contribution in [0.5, 0.6) is 0 Å². The Morgan fingerprint density at radius 1 is 0.762 bits per heavy atom. The van der Waals surface area contributed by atoms with Crippen molar-refractivity contribution in [3.63, 3.8) is 0 Å². The molecule has 2 rings (SSSR count). The summed E-state index contributed by atoms with van der Waals surface area (Å²) < 4.78 is 39.4. The fourth-order valence-corrected chi connectivity index (χ4v) is 4.26. The van der Waals surface area contributed by atoms with Crippen molar-refractivity contribution in [2.45, 2.75) is 110 Å². The molecule has 0 saturated carbocycles. The molecule has 0 bridgehead atoms. The summed E-state index contributed by atoms with van der Waals surface area (Å²) in [6.45, 7) is 7.97. The van der Waals surface area contributed by atoms with E-state index in [-0.39, 0.29) is 0 Å². The van der Waals surface area contributed by atoms with Crippen LogP contribution in [-0.4, -0.2) is 119 Å². The molecule has 2 aliphatic rings. The number of carbonyl (C=O) groups excluding carboxylic acids is 4. The summed E-state index contributed by atoms with van der Waals surface area (Å²) in [5, 5.41) is 41.3. The Balaban J connectivity index is 2.61. The molecule has 10 atom stereocenters. The van der Waals surface area contributed by atoms with E-state index >= 15 is 0 Å². The predicted molar refractivity (Wildman–Crippen MR) is 139 cm³/mol. The minimum absolute atomic E-state index is 0.411. The van der Waals surface area contributed by atoms with Crippen molar-refractivity contribution in [3.05, 3.63) is 0 Å². The third-order valence-corrected chi connectivity index (χ3v) is 6.98. The Hall–Kier alpha value is -2.40. The average Bonchev–Trinajstić information content (AvgIpc) is 3.20. The van der Waals surface area contributed by atoms with Crippen LogP contribution in [-0.2, 0) is 52.3 Å². The largest absolute Gasteiger partial charge is 0.457 e. The number of hydrogen-bond acceptors (Lipinski definition) is 15. The number of carbonyl (C=O) groups is 4. The third-order valence-electron chi connectivity index (χ3n) is 6.98. The molecule has 2 fully saturated rings. The van der Waals surface area contributed by atoms with E-state index in [0.717, 1.165) is 6.92 Å². The van der Waals surface area contributed by atoms with E-state index in [1.807, 2.05) is 0 Å². The van der Waals surface area contributed by atoms with Crippen LogP contribution in [0, 0.1) is 17.8 Å². The minimum Gasteiger partial charge on any atom is -0.457 e. The maximum atomic E-state index is 12.8. The fourth-order valence-electron chi connectivity index (χ4n) is 4.26. The van der Waals surface area contributed by atoms with Gasteiger partial charge >= 0.3 is 23.9 Å². The van der Waals surface area contributed by atoms with Crippen LogP contribution < -0.4 is 0 Å². The SMILES string of the molecule is CCC(C)C(=O)O[C@H]1[C@H](OC(=O)C(C)C)[C@@H](OC(=O)C(C)C)[C@@H](O[C@]2(CO)O[C@H](CO)[C@@H](OC(C)=O)[C@@H]2O)O[C@@H]1CO. The first-order chi connectivity index (χ1) is 19.7. The number of aliphatic hydroxyl groups is 4. The number of rotatable bonds is 13. The smallest absolute Gasteiger partial charge is 0.309 e. The molecule has 0 aliphatic carbocycles. The number of hydrogen-bond donors (Lipinski definition) is 4. The molecule has 0 amide bonds. The molecule has 0 aromatic carbocycles. The molecule has 15 heteroatoms. The molecule has 0 aromatic heterocycles. The van der Waals surface area contributed by atoms with Crippen molar-refractivity contribution >= 4 is 23.9 Å². The Morgan fingerprint density at radius 3 is 1.74 bits per heavy atom. The molecule has 2 aliphatic heterocycles. The summed E-state index contributed by atoms with van der Waals surface area (Å²) in [5.74, 6) is -7.44. The van der Waals surface area contributed by atoms with Gasteiger partial charge in [-0.15, -0.1) is 0 Å². The number of aliphatic hydroxyl groups excluding tert-OH is 4. The summed E-state index contributed by atoms with van der Waals surface area (Å²) in [7, 11) is 0. The first kappa shape index (κ1) is 35.8. The van der Waals surface area contributed by atoms with Crippen molar-refractivity contribution in [1.82, 2.24) is 0 Å². The lowest BCUT2D eigenvalue weighted by atomic mass is 9.97.